The summed E-state index contributed by atoms with van der Waals surface area (Å²) in [5, 5.41) is 1.08. The average molecular weight is 404 g/mol. The number of rotatable bonds is 7. The Kier molecular flexibility index (Phi) is 6.31. The molecule has 1 amide bonds. The minimum atomic E-state index is -0.153. The minimum absolute atomic E-state index is 0.153. The SMILES string of the molecule is CCOc1cccc2sc(N(CCN(C)C)C(=O)c3ccccc3Cl)nc12. The highest BCUT2D eigenvalue weighted by Crippen LogP contribution is 2.35. The third-order valence-electron chi connectivity index (χ3n) is 4.02. The Bertz CT molecular complexity index is 942. The molecule has 5 nitrogen and oxygen atoms in total. The number of hydrogen-bond donors (Lipinski definition) is 0. The molecule has 27 heavy (non-hydrogen) atoms. The second kappa shape index (κ2) is 8.69. The first-order valence-corrected chi connectivity index (χ1v) is 9.94. The van der Waals surface area contributed by atoms with Crippen LogP contribution in [0.15, 0.2) is 42.5 Å². The zero-order chi connectivity index (χ0) is 19.4. The first-order valence-electron chi connectivity index (χ1n) is 8.74. The zero-order valence-corrected chi connectivity index (χ0v) is 17.2. The maximum absolute atomic E-state index is 13.2. The quantitative estimate of drug-likeness (QED) is 0.580. The van der Waals surface area contributed by atoms with Gasteiger partial charge < -0.3 is 9.64 Å². The third-order valence-corrected chi connectivity index (χ3v) is 5.39. The fraction of sp³-hybridized carbons (Fsp3) is 0.300. The summed E-state index contributed by atoms with van der Waals surface area (Å²) in [6.07, 6.45) is 0. The normalized spacial score (nSPS) is 11.1. The smallest absolute Gasteiger partial charge is 0.261 e. The van der Waals surface area contributed by atoms with E-state index in [9.17, 15) is 4.79 Å². The number of benzene rings is 2. The average Bonchev–Trinajstić information content (AvgIpc) is 3.07. The summed E-state index contributed by atoms with van der Waals surface area (Å²) in [4.78, 5) is 21.7. The van der Waals surface area contributed by atoms with E-state index in [0.717, 1.165) is 16.0 Å². The Balaban J connectivity index is 2.03. The summed E-state index contributed by atoms with van der Waals surface area (Å²) < 4.78 is 6.67. The predicted octanol–water partition coefficient (Wildman–Crippen LogP) is 4.56. The number of ether oxygens (including phenoxy) is 1. The maximum Gasteiger partial charge on any atom is 0.261 e. The van der Waals surface area contributed by atoms with Gasteiger partial charge in [0.05, 0.1) is 21.9 Å². The molecule has 0 saturated heterocycles. The van der Waals surface area contributed by atoms with Crippen molar-refractivity contribution in [1.29, 1.82) is 0 Å². The lowest BCUT2D eigenvalue weighted by atomic mass is 10.2. The summed E-state index contributed by atoms with van der Waals surface area (Å²) in [6.45, 7) is 3.73. The molecule has 1 aromatic heterocycles. The van der Waals surface area contributed by atoms with Crippen molar-refractivity contribution >= 4 is 44.2 Å². The fourth-order valence-electron chi connectivity index (χ4n) is 2.66. The van der Waals surface area contributed by atoms with E-state index in [0.29, 0.717) is 35.4 Å². The molecule has 7 heteroatoms. The van der Waals surface area contributed by atoms with Gasteiger partial charge in [-0.2, -0.15) is 0 Å². The molecule has 0 bridgehead atoms. The van der Waals surface area contributed by atoms with Gasteiger partial charge in [0, 0.05) is 13.1 Å². The number of anilines is 1. The molecule has 0 fully saturated rings. The van der Waals surface area contributed by atoms with Gasteiger partial charge in [0.15, 0.2) is 5.13 Å². The fourth-order valence-corrected chi connectivity index (χ4v) is 3.89. The number of carbonyl (C=O) groups is 1. The van der Waals surface area contributed by atoms with Crippen molar-refractivity contribution in [2.45, 2.75) is 6.92 Å². The number of para-hydroxylation sites is 1. The maximum atomic E-state index is 13.2. The lowest BCUT2D eigenvalue weighted by molar-refractivity contribution is 0.0985. The Morgan fingerprint density at radius 1 is 1.15 bits per heavy atom. The second-order valence-corrected chi connectivity index (χ2v) is 7.69. The van der Waals surface area contributed by atoms with E-state index in [1.807, 2.05) is 56.3 Å². The topological polar surface area (TPSA) is 45.7 Å². The van der Waals surface area contributed by atoms with Crippen LogP contribution in [0, 0.1) is 0 Å². The number of hydrogen-bond acceptors (Lipinski definition) is 5. The molecule has 0 radical (unpaired) electrons. The number of fused-ring (bicyclic) bond motifs is 1. The van der Waals surface area contributed by atoms with Crippen LogP contribution in [0.2, 0.25) is 5.02 Å². The van der Waals surface area contributed by atoms with Gasteiger partial charge in [-0.1, -0.05) is 41.1 Å². The van der Waals surface area contributed by atoms with E-state index < -0.39 is 0 Å². The monoisotopic (exact) mass is 403 g/mol. The first-order chi connectivity index (χ1) is 13.0. The van der Waals surface area contributed by atoms with Crippen LogP contribution in [0.4, 0.5) is 5.13 Å². The molecular formula is C20H22ClN3O2S. The lowest BCUT2D eigenvalue weighted by Crippen LogP contribution is -2.36. The highest BCUT2D eigenvalue weighted by molar-refractivity contribution is 7.22. The van der Waals surface area contributed by atoms with Crippen LogP contribution in [0.1, 0.15) is 17.3 Å². The molecule has 3 aromatic rings. The summed E-state index contributed by atoms with van der Waals surface area (Å²) >= 11 is 7.74. The highest BCUT2D eigenvalue weighted by atomic mass is 35.5. The molecule has 2 aromatic carbocycles. The summed E-state index contributed by atoms with van der Waals surface area (Å²) in [5.41, 5.74) is 1.25. The minimum Gasteiger partial charge on any atom is -0.492 e. The van der Waals surface area contributed by atoms with Gasteiger partial charge >= 0.3 is 0 Å². The Hall–Kier alpha value is -2.15. The lowest BCUT2D eigenvalue weighted by Gasteiger charge is -2.22. The van der Waals surface area contributed by atoms with Crippen LogP contribution < -0.4 is 9.64 Å². The molecule has 142 valence electrons. The van der Waals surface area contributed by atoms with Crippen LogP contribution in [-0.2, 0) is 0 Å². The summed E-state index contributed by atoms with van der Waals surface area (Å²) in [6, 6.07) is 12.9. The third kappa shape index (κ3) is 4.40. The molecule has 0 saturated carbocycles. The van der Waals surface area contributed by atoms with E-state index in [2.05, 4.69) is 0 Å². The van der Waals surface area contributed by atoms with Crippen molar-refractivity contribution in [2.75, 3.05) is 38.7 Å². The van der Waals surface area contributed by atoms with E-state index in [4.69, 9.17) is 21.3 Å². The highest BCUT2D eigenvalue weighted by Gasteiger charge is 2.23. The van der Waals surface area contributed by atoms with Crippen LogP contribution in [0.25, 0.3) is 10.2 Å². The van der Waals surface area contributed by atoms with Gasteiger partial charge in [-0.3, -0.25) is 9.69 Å². The number of thiazole rings is 1. The van der Waals surface area contributed by atoms with Crippen molar-refractivity contribution in [1.82, 2.24) is 9.88 Å². The molecule has 0 aliphatic rings. The molecule has 0 N–H and O–H groups in total. The largest absolute Gasteiger partial charge is 0.492 e. The first kappa shape index (κ1) is 19.6. The van der Waals surface area contributed by atoms with Gasteiger partial charge in [-0.25, -0.2) is 4.98 Å². The standard InChI is InChI=1S/C20H22ClN3O2S/c1-4-26-16-10-7-11-17-18(16)22-20(27-17)24(13-12-23(2)3)19(25)14-8-5-6-9-15(14)21/h5-11H,4,12-13H2,1-3H3. The van der Waals surface area contributed by atoms with Crippen molar-refractivity contribution in [3.63, 3.8) is 0 Å². The number of halogens is 1. The summed E-state index contributed by atoms with van der Waals surface area (Å²) in [5.74, 6) is 0.578. The molecule has 0 unspecified atom stereocenters. The van der Waals surface area contributed by atoms with E-state index >= 15 is 0 Å². The Morgan fingerprint density at radius 3 is 2.63 bits per heavy atom. The van der Waals surface area contributed by atoms with Crippen LogP contribution >= 0.6 is 22.9 Å². The van der Waals surface area contributed by atoms with Crippen LogP contribution in [0.5, 0.6) is 5.75 Å². The molecule has 0 spiro atoms. The number of amides is 1. The van der Waals surface area contributed by atoms with Gasteiger partial charge in [0.1, 0.15) is 11.3 Å². The summed E-state index contributed by atoms with van der Waals surface area (Å²) in [7, 11) is 3.95. The van der Waals surface area contributed by atoms with E-state index in [-0.39, 0.29) is 5.91 Å². The molecule has 0 aliphatic heterocycles. The predicted molar refractivity (Wildman–Crippen MR) is 112 cm³/mol. The van der Waals surface area contributed by atoms with Crippen molar-refractivity contribution < 1.29 is 9.53 Å². The molecule has 0 atom stereocenters. The molecular weight excluding hydrogens is 382 g/mol. The zero-order valence-electron chi connectivity index (χ0n) is 15.6. The number of likely N-dealkylation sites (N-methyl/N-ethyl adjacent to an activating group) is 1. The van der Waals surface area contributed by atoms with Crippen LogP contribution in [-0.4, -0.2) is 49.6 Å². The molecule has 1 heterocycles. The number of nitrogens with zero attached hydrogens (tertiary/aromatic N) is 3. The van der Waals surface area contributed by atoms with Crippen LogP contribution in [0.3, 0.4) is 0 Å². The second-order valence-electron chi connectivity index (χ2n) is 6.27. The van der Waals surface area contributed by atoms with Crippen molar-refractivity contribution in [2.24, 2.45) is 0 Å². The Morgan fingerprint density at radius 2 is 1.93 bits per heavy atom. The van der Waals surface area contributed by atoms with Gasteiger partial charge in [0.25, 0.3) is 5.91 Å². The number of carbonyl (C=O) groups excluding carboxylic acids is 1. The molecule has 0 aliphatic carbocycles. The van der Waals surface area contributed by atoms with Crippen molar-refractivity contribution in [3.05, 3.63) is 53.1 Å². The van der Waals surface area contributed by atoms with E-state index in [1.165, 1.54) is 11.3 Å². The number of aromatic nitrogens is 1. The van der Waals surface area contributed by atoms with Gasteiger partial charge in [-0.15, -0.1) is 0 Å². The Labute approximate surface area is 168 Å². The van der Waals surface area contributed by atoms with Crippen molar-refractivity contribution in [3.8, 4) is 5.75 Å². The van der Waals surface area contributed by atoms with Gasteiger partial charge in [-0.05, 0) is 45.3 Å². The molecule has 3 rings (SSSR count). The van der Waals surface area contributed by atoms with E-state index in [1.54, 1.807) is 17.0 Å². The van der Waals surface area contributed by atoms with Gasteiger partial charge in [0.2, 0.25) is 0 Å².